The number of unbranched alkanes of at least 4 members (excludes halogenated alkanes) is 1. The second-order valence-corrected chi connectivity index (χ2v) is 4.49. The summed E-state index contributed by atoms with van der Waals surface area (Å²) in [5.74, 6) is 0.807. The molecule has 0 atom stereocenters. The van der Waals surface area contributed by atoms with E-state index in [1.54, 1.807) is 0 Å². The zero-order valence-electron chi connectivity index (χ0n) is 11.3. The zero-order chi connectivity index (χ0) is 13.7. The number of nitrogens with zero attached hydrogens (tertiary/aromatic N) is 1. The summed E-state index contributed by atoms with van der Waals surface area (Å²) >= 11 is 0. The molecular formula is C16H18N2O. The van der Waals surface area contributed by atoms with Crippen LogP contribution in [0.25, 0.3) is 16.8 Å². The molecule has 3 heteroatoms. The van der Waals surface area contributed by atoms with Gasteiger partial charge in [-0.1, -0.05) is 48.8 Å². The normalized spacial score (nSPS) is 11.6. The van der Waals surface area contributed by atoms with E-state index in [0.29, 0.717) is 0 Å². The van der Waals surface area contributed by atoms with Crippen LogP contribution < -0.4 is 0 Å². The van der Waals surface area contributed by atoms with Crippen LogP contribution >= 0.6 is 0 Å². The summed E-state index contributed by atoms with van der Waals surface area (Å²) in [7, 11) is 0. The quantitative estimate of drug-likeness (QED) is 0.799. The number of rotatable bonds is 5. The molecule has 3 nitrogen and oxygen atoms in total. The maximum Gasteiger partial charge on any atom is 0.134 e. The smallest absolute Gasteiger partial charge is 0.134 e. The minimum Gasteiger partial charge on any atom is -0.361 e. The lowest BCUT2D eigenvalue weighted by molar-refractivity contribution is 0.399. The van der Waals surface area contributed by atoms with E-state index in [1.165, 1.54) is 6.21 Å². The zero-order valence-corrected chi connectivity index (χ0v) is 11.3. The number of aromatic nitrogens is 1. The van der Waals surface area contributed by atoms with Crippen LogP contribution in [0.4, 0.5) is 0 Å². The van der Waals surface area contributed by atoms with Gasteiger partial charge in [-0.05, 0) is 24.5 Å². The lowest BCUT2D eigenvalue weighted by atomic mass is 10.0. The summed E-state index contributed by atoms with van der Waals surface area (Å²) in [6.45, 7) is 4.01. The molecule has 0 aliphatic rings. The van der Waals surface area contributed by atoms with Crippen LogP contribution in [0.1, 0.15) is 31.1 Å². The molecule has 0 amide bonds. The second-order valence-electron chi connectivity index (χ2n) is 4.49. The highest BCUT2D eigenvalue weighted by molar-refractivity contribution is 6.08. The Morgan fingerprint density at radius 3 is 2.58 bits per heavy atom. The van der Waals surface area contributed by atoms with E-state index in [4.69, 9.17) is 9.93 Å². The minimum atomic E-state index is 0.807. The monoisotopic (exact) mass is 254 g/mol. The summed E-state index contributed by atoms with van der Waals surface area (Å²) in [4.78, 5) is 0. The number of hydrogen-bond donors (Lipinski definition) is 1. The van der Waals surface area contributed by atoms with Crippen molar-refractivity contribution in [2.45, 2.75) is 26.7 Å². The van der Waals surface area contributed by atoms with Crippen molar-refractivity contribution in [3.63, 3.8) is 0 Å². The third kappa shape index (κ3) is 3.19. The van der Waals surface area contributed by atoms with Gasteiger partial charge in [-0.25, -0.2) is 0 Å². The van der Waals surface area contributed by atoms with E-state index in [-0.39, 0.29) is 0 Å². The standard InChI is InChI=1S/C16H18N2O/c1-3-4-5-15(11-17)13-6-8-14(9-7-13)16-10-12(2)19-18-16/h5-11,17H,3-4H2,1-2H3/b15-5+,17-11?. The molecule has 0 aliphatic carbocycles. The van der Waals surface area contributed by atoms with Crippen molar-refractivity contribution >= 4 is 11.8 Å². The summed E-state index contributed by atoms with van der Waals surface area (Å²) < 4.78 is 5.07. The molecule has 2 aromatic rings. The van der Waals surface area contributed by atoms with E-state index in [2.05, 4.69) is 18.2 Å². The molecule has 0 spiro atoms. The van der Waals surface area contributed by atoms with Gasteiger partial charge >= 0.3 is 0 Å². The molecule has 2 rings (SSSR count). The molecule has 0 radical (unpaired) electrons. The average molecular weight is 254 g/mol. The molecule has 19 heavy (non-hydrogen) atoms. The van der Waals surface area contributed by atoms with Gasteiger partial charge in [0.05, 0.1) is 0 Å². The third-order valence-electron chi connectivity index (χ3n) is 2.95. The fourth-order valence-electron chi connectivity index (χ4n) is 1.90. The molecule has 0 bridgehead atoms. The van der Waals surface area contributed by atoms with Gasteiger partial charge in [0.25, 0.3) is 0 Å². The molecular weight excluding hydrogens is 236 g/mol. The van der Waals surface area contributed by atoms with Gasteiger partial charge in [0.15, 0.2) is 0 Å². The number of hydrogen-bond acceptors (Lipinski definition) is 3. The molecule has 98 valence electrons. The van der Waals surface area contributed by atoms with E-state index in [0.717, 1.165) is 41.0 Å². The van der Waals surface area contributed by atoms with Gasteiger partial charge in [0, 0.05) is 17.8 Å². The van der Waals surface area contributed by atoms with Crippen molar-refractivity contribution in [2.75, 3.05) is 0 Å². The largest absolute Gasteiger partial charge is 0.361 e. The van der Waals surface area contributed by atoms with E-state index >= 15 is 0 Å². The van der Waals surface area contributed by atoms with Crippen molar-refractivity contribution in [1.82, 2.24) is 5.16 Å². The van der Waals surface area contributed by atoms with Gasteiger partial charge in [-0.15, -0.1) is 0 Å². The Bertz CT molecular complexity index is 579. The van der Waals surface area contributed by atoms with Gasteiger partial charge < -0.3 is 9.93 Å². The van der Waals surface area contributed by atoms with Crippen LogP contribution in [0.15, 0.2) is 40.9 Å². The Labute approximate surface area is 113 Å². The maximum atomic E-state index is 7.48. The first-order chi connectivity index (χ1) is 9.24. The van der Waals surface area contributed by atoms with Crippen LogP contribution in [0, 0.1) is 12.3 Å². The Kier molecular flexibility index (Phi) is 4.29. The van der Waals surface area contributed by atoms with Crippen LogP contribution in [-0.2, 0) is 0 Å². The lowest BCUT2D eigenvalue weighted by Gasteiger charge is -2.03. The van der Waals surface area contributed by atoms with E-state index in [9.17, 15) is 0 Å². The number of aryl methyl sites for hydroxylation is 1. The summed E-state index contributed by atoms with van der Waals surface area (Å²) in [6, 6.07) is 9.98. The first-order valence-corrected chi connectivity index (χ1v) is 6.49. The summed E-state index contributed by atoms with van der Waals surface area (Å²) in [5.41, 5.74) is 3.90. The Balaban J connectivity index is 2.25. The fraction of sp³-hybridized carbons (Fsp3) is 0.250. The molecule has 0 saturated heterocycles. The van der Waals surface area contributed by atoms with Crippen molar-refractivity contribution in [3.05, 3.63) is 47.7 Å². The van der Waals surface area contributed by atoms with E-state index < -0.39 is 0 Å². The highest BCUT2D eigenvalue weighted by Gasteiger charge is 2.04. The average Bonchev–Trinajstić information content (AvgIpc) is 2.87. The van der Waals surface area contributed by atoms with Crippen LogP contribution in [0.3, 0.4) is 0 Å². The minimum absolute atomic E-state index is 0.807. The van der Waals surface area contributed by atoms with Gasteiger partial charge in [0.2, 0.25) is 0 Å². The summed E-state index contributed by atoms with van der Waals surface area (Å²) in [6.07, 6.45) is 5.59. The van der Waals surface area contributed by atoms with Crippen molar-refractivity contribution in [2.24, 2.45) is 0 Å². The maximum absolute atomic E-state index is 7.48. The molecule has 0 saturated carbocycles. The Morgan fingerprint density at radius 2 is 2.05 bits per heavy atom. The first kappa shape index (κ1) is 13.3. The topological polar surface area (TPSA) is 49.9 Å². The predicted octanol–water partition coefficient (Wildman–Crippen LogP) is 4.48. The third-order valence-corrected chi connectivity index (χ3v) is 2.95. The molecule has 0 fully saturated rings. The second kappa shape index (κ2) is 6.14. The van der Waals surface area contributed by atoms with Crippen molar-refractivity contribution in [3.8, 4) is 11.3 Å². The molecule has 1 aromatic carbocycles. The van der Waals surface area contributed by atoms with E-state index in [1.807, 2.05) is 37.3 Å². The molecule has 1 heterocycles. The highest BCUT2D eigenvalue weighted by Crippen LogP contribution is 2.22. The van der Waals surface area contributed by atoms with Gasteiger partial charge in [-0.3, -0.25) is 0 Å². The van der Waals surface area contributed by atoms with Gasteiger partial charge in [-0.2, -0.15) is 0 Å². The molecule has 1 N–H and O–H groups in total. The fourth-order valence-corrected chi connectivity index (χ4v) is 1.90. The number of benzene rings is 1. The SMILES string of the molecule is CCC/C=C(\C=N)c1ccc(-c2cc(C)on2)cc1. The van der Waals surface area contributed by atoms with Crippen molar-refractivity contribution < 1.29 is 4.52 Å². The summed E-state index contributed by atoms with van der Waals surface area (Å²) in [5, 5.41) is 11.5. The number of nitrogens with one attached hydrogen (secondary N) is 1. The number of allylic oxidation sites excluding steroid dienone is 2. The predicted molar refractivity (Wildman–Crippen MR) is 78.3 cm³/mol. The van der Waals surface area contributed by atoms with Crippen LogP contribution in [0.5, 0.6) is 0 Å². The molecule has 0 aliphatic heterocycles. The van der Waals surface area contributed by atoms with Crippen LogP contribution in [-0.4, -0.2) is 11.4 Å². The van der Waals surface area contributed by atoms with Gasteiger partial charge in [0.1, 0.15) is 11.5 Å². The first-order valence-electron chi connectivity index (χ1n) is 6.49. The highest BCUT2D eigenvalue weighted by atomic mass is 16.5. The Morgan fingerprint density at radius 1 is 1.32 bits per heavy atom. The molecule has 1 aromatic heterocycles. The Hall–Kier alpha value is -2.16. The van der Waals surface area contributed by atoms with Crippen LogP contribution in [0.2, 0.25) is 0 Å². The molecule has 0 unspecified atom stereocenters. The van der Waals surface area contributed by atoms with Crippen molar-refractivity contribution in [1.29, 1.82) is 5.41 Å². The lowest BCUT2D eigenvalue weighted by Crippen LogP contribution is -1.86.